The van der Waals surface area contributed by atoms with E-state index in [1.807, 2.05) is 11.3 Å². The minimum absolute atomic E-state index is 0.0168. The number of nitrogen functional groups attached to an aromatic ring is 1. The number of likely N-dealkylation sites (tertiary alicyclic amines) is 1. The molecule has 10 nitrogen and oxygen atoms in total. The second-order valence-corrected chi connectivity index (χ2v) is 10.0. The highest BCUT2D eigenvalue weighted by atomic mass is 19.3. The lowest BCUT2D eigenvalue weighted by molar-refractivity contribution is -0.137. The van der Waals surface area contributed by atoms with E-state index in [9.17, 15) is 23.5 Å². The maximum atomic E-state index is 13.7. The molecule has 208 valence electrons. The number of benzene rings is 1. The van der Waals surface area contributed by atoms with Gasteiger partial charge in [0.2, 0.25) is 5.91 Å². The summed E-state index contributed by atoms with van der Waals surface area (Å²) in [6.45, 7) is 2.61. The molecule has 1 aliphatic heterocycles. The van der Waals surface area contributed by atoms with E-state index in [2.05, 4.69) is 15.3 Å². The van der Waals surface area contributed by atoms with Gasteiger partial charge in [0.1, 0.15) is 35.3 Å². The number of hydrogen-bond donors (Lipinski definition) is 3. The summed E-state index contributed by atoms with van der Waals surface area (Å²) < 4.78 is 29.2. The van der Waals surface area contributed by atoms with Gasteiger partial charge in [-0.05, 0) is 44.0 Å². The van der Waals surface area contributed by atoms with Gasteiger partial charge >= 0.3 is 0 Å². The second kappa shape index (κ2) is 10.6. The summed E-state index contributed by atoms with van der Waals surface area (Å²) >= 11 is 0. The molecule has 0 radical (unpaired) electrons. The minimum atomic E-state index is -3.06. The number of rotatable bonds is 6. The normalized spacial score (nSPS) is 17.7. The Morgan fingerprint density at radius 2 is 1.90 bits per heavy atom. The molecule has 4 heterocycles. The Balaban J connectivity index is 1.43. The fourth-order valence-corrected chi connectivity index (χ4v) is 5.07. The minimum Gasteiger partial charge on any atom is -0.387 e. The highest BCUT2D eigenvalue weighted by molar-refractivity contribution is 6.04. The SMILES string of the molecule is C[C@H]1CC[C@@H](c2nc(-c3ccc(C(=O)Nc4cc(C(C)(F)F)ccn4)cc3)c3c(N)nccn23)CN1C(=O)CO. The monoisotopic (exact) mass is 549 g/mol. The molecule has 12 heteroatoms. The number of nitrogens with one attached hydrogen (secondary N) is 1. The van der Waals surface area contributed by atoms with E-state index in [0.29, 0.717) is 28.9 Å². The average molecular weight is 550 g/mol. The molecule has 0 aliphatic carbocycles. The number of aliphatic hydroxyl groups is 1. The maximum Gasteiger partial charge on any atom is 0.270 e. The van der Waals surface area contributed by atoms with E-state index >= 15 is 0 Å². The van der Waals surface area contributed by atoms with E-state index < -0.39 is 18.4 Å². The largest absolute Gasteiger partial charge is 0.387 e. The lowest BCUT2D eigenvalue weighted by atomic mass is 9.92. The standard InChI is InChI=1S/C28H29F2N7O3/c1-16-3-4-19(14-37(16)22(39)15-38)26-35-23(24-25(31)33-11-12-36(24)26)17-5-7-18(8-6-17)27(40)34-21-13-20(9-10-32-21)28(2,29)30/h5-13,16,19,38H,3-4,14-15H2,1-2H3,(H2,31,33)(H,32,34,40)/t16-,19+/m0/s1. The number of aliphatic hydroxyl groups excluding tert-OH is 1. The first-order chi connectivity index (χ1) is 19.1. The van der Waals surface area contributed by atoms with E-state index in [-0.39, 0.29) is 35.1 Å². The van der Waals surface area contributed by atoms with Crippen molar-refractivity contribution >= 4 is 29.0 Å². The van der Waals surface area contributed by atoms with Crippen molar-refractivity contribution in [1.82, 2.24) is 24.3 Å². The Morgan fingerprint density at radius 3 is 2.60 bits per heavy atom. The van der Waals surface area contributed by atoms with Gasteiger partial charge in [-0.1, -0.05) is 12.1 Å². The zero-order chi connectivity index (χ0) is 28.6. The van der Waals surface area contributed by atoms with Crippen LogP contribution in [0.1, 0.15) is 54.4 Å². The summed E-state index contributed by atoms with van der Waals surface area (Å²) in [5.41, 5.74) is 8.19. The highest BCUT2D eigenvalue weighted by Crippen LogP contribution is 2.35. The number of carbonyl (C=O) groups is 2. The van der Waals surface area contributed by atoms with Crippen molar-refractivity contribution in [1.29, 1.82) is 0 Å². The van der Waals surface area contributed by atoms with Crippen molar-refractivity contribution in [2.24, 2.45) is 0 Å². The lowest BCUT2D eigenvalue weighted by Gasteiger charge is -2.37. The van der Waals surface area contributed by atoms with Gasteiger partial charge in [-0.25, -0.2) is 23.7 Å². The van der Waals surface area contributed by atoms with Crippen LogP contribution in [0.2, 0.25) is 0 Å². The van der Waals surface area contributed by atoms with Crippen molar-refractivity contribution in [3.05, 3.63) is 71.9 Å². The summed E-state index contributed by atoms with van der Waals surface area (Å²) in [7, 11) is 0. The quantitative estimate of drug-likeness (QED) is 0.332. The summed E-state index contributed by atoms with van der Waals surface area (Å²) in [6.07, 6.45) is 6.15. The molecule has 0 unspecified atom stereocenters. The molecule has 2 atom stereocenters. The number of nitrogens with two attached hydrogens (primary N) is 1. The van der Waals surface area contributed by atoms with Crippen molar-refractivity contribution in [3.63, 3.8) is 0 Å². The summed E-state index contributed by atoms with van der Waals surface area (Å²) in [6, 6.07) is 9.01. The second-order valence-electron chi connectivity index (χ2n) is 10.0. The smallest absolute Gasteiger partial charge is 0.270 e. The Hall–Kier alpha value is -4.45. The van der Waals surface area contributed by atoms with Crippen LogP contribution in [0, 0.1) is 0 Å². The topological polar surface area (TPSA) is 139 Å². The van der Waals surface area contributed by atoms with Crippen LogP contribution in [0.5, 0.6) is 0 Å². The number of pyridine rings is 1. The molecule has 4 N–H and O–H groups in total. The van der Waals surface area contributed by atoms with Crippen LogP contribution < -0.4 is 11.1 Å². The number of nitrogens with zero attached hydrogens (tertiary/aromatic N) is 5. The van der Waals surface area contributed by atoms with Crippen LogP contribution in [0.15, 0.2) is 55.0 Å². The molecule has 5 rings (SSSR count). The lowest BCUT2D eigenvalue weighted by Crippen LogP contribution is -2.46. The van der Waals surface area contributed by atoms with Gasteiger partial charge in [-0.3, -0.25) is 14.0 Å². The van der Waals surface area contributed by atoms with Crippen LogP contribution in [-0.2, 0) is 10.7 Å². The molecule has 3 aromatic heterocycles. The van der Waals surface area contributed by atoms with Gasteiger partial charge in [0.25, 0.3) is 11.8 Å². The predicted molar refractivity (Wildman–Crippen MR) is 145 cm³/mol. The highest BCUT2D eigenvalue weighted by Gasteiger charge is 2.32. The van der Waals surface area contributed by atoms with Gasteiger partial charge in [-0.2, -0.15) is 0 Å². The van der Waals surface area contributed by atoms with E-state index in [1.54, 1.807) is 41.6 Å². The number of amides is 2. The summed E-state index contributed by atoms with van der Waals surface area (Å²) in [5, 5.41) is 12.0. The number of carbonyl (C=O) groups excluding carboxylic acids is 2. The Labute approximate surface area is 228 Å². The van der Waals surface area contributed by atoms with Crippen LogP contribution in [0.25, 0.3) is 16.8 Å². The number of piperidine rings is 1. The molecule has 1 fully saturated rings. The molecule has 2 amide bonds. The molecule has 0 spiro atoms. The fourth-order valence-electron chi connectivity index (χ4n) is 5.07. The number of imidazole rings is 1. The van der Waals surface area contributed by atoms with Gasteiger partial charge in [0.15, 0.2) is 0 Å². The zero-order valence-electron chi connectivity index (χ0n) is 22.0. The molecule has 0 bridgehead atoms. The van der Waals surface area contributed by atoms with Crippen molar-refractivity contribution < 1.29 is 23.5 Å². The number of aromatic nitrogens is 4. The number of halogens is 2. The fraction of sp³-hybridized carbons (Fsp3) is 0.321. The Morgan fingerprint density at radius 1 is 1.15 bits per heavy atom. The zero-order valence-corrected chi connectivity index (χ0v) is 22.0. The summed E-state index contributed by atoms with van der Waals surface area (Å²) in [4.78, 5) is 39.9. The third-order valence-electron chi connectivity index (χ3n) is 7.24. The maximum absolute atomic E-state index is 13.7. The van der Waals surface area contributed by atoms with Crippen LogP contribution in [-0.4, -0.2) is 60.4 Å². The van der Waals surface area contributed by atoms with E-state index in [1.165, 1.54) is 12.3 Å². The third-order valence-corrected chi connectivity index (χ3v) is 7.24. The van der Waals surface area contributed by atoms with Crippen molar-refractivity contribution in [2.45, 2.75) is 44.6 Å². The van der Waals surface area contributed by atoms with Crippen LogP contribution >= 0.6 is 0 Å². The number of hydrogen-bond acceptors (Lipinski definition) is 7. The van der Waals surface area contributed by atoms with Gasteiger partial charge in [-0.15, -0.1) is 0 Å². The van der Waals surface area contributed by atoms with Gasteiger partial charge < -0.3 is 21.1 Å². The van der Waals surface area contributed by atoms with Crippen LogP contribution in [0.4, 0.5) is 20.4 Å². The first kappa shape index (κ1) is 27.1. The van der Waals surface area contributed by atoms with Gasteiger partial charge in [0, 0.05) is 60.7 Å². The van der Waals surface area contributed by atoms with Crippen molar-refractivity contribution in [2.75, 3.05) is 24.2 Å². The first-order valence-corrected chi connectivity index (χ1v) is 12.9. The van der Waals surface area contributed by atoms with E-state index in [4.69, 9.17) is 10.7 Å². The Kier molecular flexibility index (Phi) is 7.19. The molecule has 1 aromatic carbocycles. The molecule has 4 aromatic rings. The number of anilines is 2. The number of fused-ring (bicyclic) bond motifs is 1. The molecular formula is C28H29F2N7O3. The predicted octanol–water partition coefficient (Wildman–Crippen LogP) is 3.82. The average Bonchev–Trinajstić information content (AvgIpc) is 3.33. The van der Waals surface area contributed by atoms with Crippen LogP contribution in [0.3, 0.4) is 0 Å². The first-order valence-electron chi connectivity index (χ1n) is 12.9. The molecule has 1 aliphatic rings. The van der Waals surface area contributed by atoms with Crippen molar-refractivity contribution in [3.8, 4) is 11.3 Å². The molecule has 1 saturated heterocycles. The van der Waals surface area contributed by atoms with Gasteiger partial charge in [0.05, 0.1) is 0 Å². The third kappa shape index (κ3) is 5.22. The number of alkyl halides is 2. The molecular weight excluding hydrogens is 520 g/mol. The Bertz CT molecular complexity index is 1570. The molecule has 40 heavy (non-hydrogen) atoms. The van der Waals surface area contributed by atoms with E-state index in [0.717, 1.165) is 31.7 Å². The summed E-state index contributed by atoms with van der Waals surface area (Å²) in [5.74, 6) is -2.94. The molecule has 0 saturated carbocycles.